The zero-order chi connectivity index (χ0) is 42.1. The molecular formula is C60H38N2O2. The maximum Gasteiger partial charge on any atom is 0.136 e. The van der Waals surface area contributed by atoms with Crippen LogP contribution in [0.4, 0.5) is 17.1 Å². The van der Waals surface area contributed by atoms with Crippen LogP contribution in [0.5, 0.6) is 0 Å². The van der Waals surface area contributed by atoms with E-state index in [0.29, 0.717) is 0 Å². The monoisotopic (exact) mass is 818 g/mol. The van der Waals surface area contributed by atoms with E-state index >= 15 is 0 Å². The average molecular weight is 819 g/mol. The van der Waals surface area contributed by atoms with Crippen molar-refractivity contribution in [3.05, 3.63) is 224 Å². The molecule has 0 spiro atoms. The number of benzene rings is 10. The van der Waals surface area contributed by atoms with Gasteiger partial charge >= 0.3 is 0 Å². The van der Waals surface area contributed by atoms with Crippen LogP contribution in [0.1, 0.15) is 0 Å². The lowest BCUT2D eigenvalue weighted by Gasteiger charge is -2.32. The van der Waals surface area contributed by atoms with Crippen molar-refractivity contribution in [2.24, 2.45) is 0 Å². The number of nitrogens with one attached hydrogen (secondary N) is 1. The summed E-state index contributed by atoms with van der Waals surface area (Å²) in [6.07, 6.45) is 0. The number of hydrogen-bond acceptors (Lipinski definition) is 3. The SMILES string of the molecule is c1ccc(-c2ccc3c([nH]c4ccccc43)c2-c2ccccc2N(c2ccccc2-c2cccc3oc4ccccc4c23)c2ccccc2-c2cccc3oc4ccccc4c23)cc1. The van der Waals surface area contributed by atoms with Crippen LogP contribution in [0.15, 0.2) is 233 Å². The Morgan fingerprint density at radius 1 is 0.297 bits per heavy atom. The minimum atomic E-state index is 0.859. The highest BCUT2D eigenvalue weighted by Gasteiger charge is 2.27. The summed E-state index contributed by atoms with van der Waals surface area (Å²) in [5, 5.41) is 6.75. The van der Waals surface area contributed by atoms with Gasteiger partial charge in [-0.3, -0.25) is 0 Å². The number of fused-ring (bicyclic) bond motifs is 9. The first kappa shape index (κ1) is 36.1. The van der Waals surface area contributed by atoms with E-state index in [0.717, 1.165) is 116 Å². The molecule has 0 amide bonds. The molecule has 13 rings (SSSR count). The summed E-state index contributed by atoms with van der Waals surface area (Å²) >= 11 is 0. The summed E-state index contributed by atoms with van der Waals surface area (Å²) < 4.78 is 13.0. The quantitative estimate of drug-likeness (QED) is 0.174. The van der Waals surface area contributed by atoms with Gasteiger partial charge in [0, 0.05) is 60.1 Å². The Morgan fingerprint density at radius 3 is 1.36 bits per heavy atom. The summed E-state index contributed by atoms with van der Waals surface area (Å²) in [5.74, 6) is 0. The van der Waals surface area contributed by atoms with Gasteiger partial charge in [0.2, 0.25) is 0 Å². The molecule has 3 heterocycles. The molecule has 0 atom stereocenters. The lowest BCUT2D eigenvalue weighted by molar-refractivity contribution is 0.668. The number of para-hydroxylation sites is 6. The van der Waals surface area contributed by atoms with Gasteiger partial charge < -0.3 is 18.7 Å². The number of nitrogens with zero attached hydrogens (tertiary/aromatic N) is 1. The number of hydrogen-bond donors (Lipinski definition) is 1. The van der Waals surface area contributed by atoms with Gasteiger partial charge in [-0.05, 0) is 70.8 Å². The van der Waals surface area contributed by atoms with E-state index in [-0.39, 0.29) is 0 Å². The average Bonchev–Trinajstić information content (AvgIpc) is 4.06. The third kappa shape index (κ3) is 5.56. The Labute approximate surface area is 368 Å². The highest BCUT2D eigenvalue weighted by atomic mass is 16.3. The molecule has 0 radical (unpaired) electrons. The number of aromatic nitrogens is 1. The highest BCUT2D eigenvalue weighted by molar-refractivity contribution is 6.19. The fourth-order valence-corrected chi connectivity index (χ4v) is 10.1. The number of anilines is 3. The fraction of sp³-hybridized carbons (Fsp3) is 0. The largest absolute Gasteiger partial charge is 0.456 e. The minimum absolute atomic E-state index is 0.859. The first-order valence-electron chi connectivity index (χ1n) is 21.8. The van der Waals surface area contributed by atoms with E-state index in [2.05, 4.69) is 222 Å². The van der Waals surface area contributed by atoms with Crippen LogP contribution in [0.3, 0.4) is 0 Å². The number of furan rings is 2. The second-order valence-corrected chi connectivity index (χ2v) is 16.4. The van der Waals surface area contributed by atoms with Crippen molar-refractivity contribution in [3.8, 4) is 44.5 Å². The molecule has 4 nitrogen and oxygen atoms in total. The van der Waals surface area contributed by atoms with Crippen molar-refractivity contribution >= 4 is 82.7 Å². The molecule has 300 valence electrons. The molecule has 10 aromatic carbocycles. The molecular weight excluding hydrogens is 781 g/mol. The molecule has 3 aromatic heterocycles. The first-order valence-corrected chi connectivity index (χ1v) is 21.8. The molecule has 13 aromatic rings. The van der Waals surface area contributed by atoms with E-state index in [9.17, 15) is 0 Å². The topological polar surface area (TPSA) is 45.3 Å². The maximum absolute atomic E-state index is 6.50. The van der Waals surface area contributed by atoms with Gasteiger partial charge in [0.05, 0.1) is 22.6 Å². The predicted octanol–water partition coefficient (Wildman–Crippen LogP) is 17.3. The van der Waals surface area contributed by atoms with Crippen LogP contribution in [-0.4, -0.2) is 4.98 Å². The van der Waals surface area contributed by atoms with Crippen molar-refractivity contribution in [1.29, 1.82) is 0 Å². The van der Waals surface area contributed by atoms with Crippen molar-refractivity contribution in [2.75, 3.05) is 4.90 Å². The van der Waals surface area contributed by atoms with Gasteiger partial charge in [0.15, 0.2) is 0 Å². The van der Waals surface area contributed by atoms with Crippen LogP contribution < -0.4 is 4.90 Å². The van der Waals surface area contributed by atoms with E-state index in [1.54, 1.807) is 0 Å². The van der Waals surface area contributed by atoms with Gasteiger partial charge in [-0.1, -0.05) is 176 Å². The van der Waals surface area contributed by atoms with Crippen molar-refractivity contribution in [2.45, 2.75) is 0 Å². The number of rotatable bonds is 7. The van der Waals surface area contributed by atoms with Gasteiger partial charge in [0.25, 0.3) is 0 Å². The Morgan fingerprint density at radius 2 is 0.750 bits per heavy atom. The third-order valence-electron chi connectivity index (χ3n) is 12.9. The zero-order valence-corrected chi connectivity index (χ0v) is 34.6. The van der Waals surface area contributed by atoms with E-state index in [4.69, 9.17) is 8.83 Å². The van der Waals surface area contributed by atoms with Gasteiger partial charge in [0.1, 0.15) is 22.3 Å². The summed E-state index contributed by atoms with van der Waals surface area (Å²) in [6, 6.07) is 80.0. The van der Waals surface area contributed by atoms with Crippen LogP contribution in [0, 0.1) is 0 Å². The van der Waals surface area contributed by atoms with Crippen LogP contribution >= 0.6 is 0 Å². The highest BCUT2D eigenvalue weighted by Crippen LogP contribution is 2.52. The number of aromatic amines is 1. The second-order valence-electron chi connectivity index (χ2n) is 16.4. The summed E-state index contributed by atoms with van der Waals surface area (Å²) in [5.41, 5.74) is 17.7. The fourth-order valence-electron chi connectivity index (χ4n) is 10.1. The van der Waals surface area contributed by atoms with Gasteiger partial charge in [-0.25, -0.2) is 0 Å². The van der Waals surface area contributed by atoms with E-state index in [1.807, 2.05) is 12.1 Å². The molecule has 64 heavy (non-hydrogen) atoms. The normalized spacial score (nSPS) is 11.8. The lowest BCUT2D eigenvalue weighted by Crippen LogP contribution is -2.14. The minimum Gasteiger partial charge on any atom is -0.456 e. The Balaban J connectivity index is 1.15. The summed E-state index contributed by atoms with van der Waals surface area (Å²) in [7, 11) is 0. The van der Waals surface area contributed by atoms with Gasteiger partial charge in [-0.2, -0.15) is 0 Å². The van der Waals surface area contributed by atoms with Crippen LogP contribution in [-0.2, 0) is 0 Å². The molecule has 0 aliphatic heterocycles. The van der Waals surface area contributed by atoms with Gasteiger partial charge in [-0.15, -0.1) is 0 Å². The Hall–Kier alpha value is -8.60. The van der Waals surface area contributed by atoms with E-state index < -0.39 is 0 Å². The molecule has 0 aliphatic carbocycles. The molecule has 1 N–H and O–H groups in total. The summed E-state index contributed by atoms with van der Waals surface area (Å²) in [4.78, 5) is 6.39. The molecule has 4 heteroatoms. The van der Waals surface area contributed by atoms with E-state index in [1.165, 1.54) is 10.8 Å². The maximum atomic E-state index is 6.50. The third-order valence-corrected chi connectivity index (χ3v) is 12.9. The Bertz CT molecular complexity index is 3770. The van der Waals surface area contributed by atoms with Crippen molar-refractivity contribution in [3.63, 3.8) is 0 Å². The van der Waals surface area contributed by atoms with Crippen LogP contribution in [0.2, 0.25) is 0 Å². The number of H-pyrrole nitrogens is 1. The molecule has 0 aliphatic rings. The predicted molar refractivity (Wildman–Crippen MR) is 267 cm³/mol. The molecule has 0 saturated carbocycles. The molecule has 0 bridgehead atoms. The molecule has 0 unspecified atom stereocenters. The standard InChI is InChI=1S/C60H38N2O2/c1-2-18-38(19-3-1)39-36-37-45-40-20-4-10-28-49(40)61-60(45)59(39)46-23-7-13-31-52(46)62(50-29-11-5-21-41(50)43-26-16-34-55-57(43)47-24-8-14-32-53(47)63-55)51-30-12-6-22-42(51)44-27-17-35-56-58(44)48-25-9-15-33-54(48)64-56/h1-37,61H. The smallest absolute Gasteiger partial charge is 0.136 e. The lowest BCUT2D eigenvalue weighted by atomic mass is 9.90. The molecule has 0 saturated heterocycles. The Kier molecular flexibility index (Phi) is 8.18. The zero-order valence-electron chi connectivity index (χ0n) is 34.6. The van der Waals surface area contributed by atoms with Crippen molar-refractivity contribution < 1.29 is 8.83 Å². The summed E-state index contributed by atoms with van der Waals surface area (Å²) in [6.45, 7) is 0. The van der Waals surface area contributed by atoms with Crippen LogP contribution in [0.25, 0.3) is 110 Å². The van der Waals surface area contributed by atoms with Crippen molar-refractivity contribution in [1.82, 2.24) is 4.98 Å². The molecule has 0 fully saturated rings. The second kappa shape index (κ2) is 14.5. The first-order chi connectivity index (χ1) is 31.8.